The molecule has 1 aliphatic heterocycles. The Bertz CT molecular complexity index is 1250. The van der Waals surface area contributed by atoms with E-state index in [1.165, 1.54) is 33.4 Å². The Hall–Kier alpha value is -2.48. The van der Waals surface area contributed by atoms with E-state index in [0.717, 1.165) is 32.5 Å². The molecule has 1 fully saturated rings. The smallest absolute Gasteiger partial charge is 0.269 e. The summed E-state index contributed by atoms with van der Waals surface area (Å²) in [5.41, 5.74) is 1.02. The zero-order valence-corrected chi connectivity index (χ0v) is 19.5. The topological polar surface area (TPSA) is 41.4 Å². The molecule has 3 heterocycles. The second-order valence-corrected chi connectivity index (χ2v) is 9.25. The Kier molecular flexibility index (Phi) is 6.79. The molecule has 0 unspecified atom stereocenters. The minimum Gasteiger partial charge on any atom is -0.363 e. The summed E-state index contributed by atoms with van der Waals surface area (Å²) in [6.07, 6.45) is 3.50. The van der Waals surface area contributed by atoms with Gasteiger partial charge in [0.25, 0.3) is 5.56 Å². The molecule has 0 aliphatic carbocycles. The van der Waals surface area contributed by atoms with Crippen molar-refractivity contribution in [3.8, 4) is 0 Å². The molecular weight excluding hydrogens is 447 g/mol. The third-order valence-corrected chi connectivity index (χ3v) is 7.52. The maximum absolute atomic E-state index is 13.7. The van der Waals surface area contributed by atoms with Crippen LogP contribution in [-0.4, -0.2) is 47.2 Å². The largest absolute Gasteiger partial charge is 0.363 e. The lowest BCUT2D eigenvalue weighted by Gasteiger charge is -2.37. The summed E-state index contributed by atoms with van der Waals surface area (Å²) in [5, 5.41) is 2.62. The lowest BCUT2D eigenvalue weighted by Crippen LogP contribution is -2.44. The fourth-order valence-electron chi connectivity index (χ4n) is 4.46. The highest BCUT2D eigenvalue weighted by atomic mass is 35.5. The Morgan fingerprint density at radius 3 is 2.69 bits per heavy atom. The van der Waals surface area contributed by atoms with Crippen molar-refractivity contribution < 1.29 is 4.39 Å². The highest BCUT2D eigenvalue weighted by molar-refractivity contribution is 7.22. The number of hydrogen-bond acceptors (Lipinski definition) is 5. The van der Waals surface area contributed by atoms with Crippen LogP contribution in [0.2, 0.25) is 0 Å². The van der Waals surface area contributed by atoms with Crippen molar-refractivity contribution in [1.29, 1.82) is 0 Å². The van der Waals surface area contributed by atoms with Crippen molar-refractivity contribution in [2.75, 3.05) is 31.6 Å². The predicted molar refractivity (Wildman–Crippen MR) is 133 cm³/mol. The fraction of sp³-hybridized carbons (Fsp3) is 0.333. The van der Waals surface area contributed by atoms with Crippen LogP contribution in [0.4, 0.5) is 9.39 Å². The van der Waals surface area contributed by atoms with Gasteiger partial charge in [-0.1, -0.05) is 18.2 Å². The Morgan fingerprint density at radius 1 is 1.12 bits per heavy atom. The first-order valence-corrected chi connectivity index (χ1v) is 11.5. The number of nitrogens with zero attached hydrogens (tertiary/aromatic N) is 4. The predicted octanol–water partition coefficient (Wildman–Crippen LogP) is 4.77. The molecule has 0 atom stereocenters. The fourth-order valence-corrected chi connectivity index (χ4v) is 5.55. The third kappa shape index (κ3) is 4.51. The molecule has 2 aromatic heterocycles. The van der Waals surface area contributed by atoms with Crippen LogP contribution in [-0.2, 0) is 6.54 Å². The van der Waals surface area contributed by atoms with Gasteiger partial charge in [0.15, 0.2) is 0 Å². The van der Waals surface area contributed by atoms with Gasteiger partial charge in [-0.05, 0) is 48.6 Å². The monoisotopic (exact) mass is 472 g/mol. The van der Waals surface area contributed by atoms with Gasteiger partial charge in [-0.15, -0.1) is 23.7 Å². The van der Waals surface area contributed by atoms with E-state index in [4.69, 9.17) is 0 Å². The number of thiophene rings is 1. The lowest BCUT2D eigenvalue weighted by atomic mass is 10.0. The lowest BCUT2D eigenvalue weighted by molar-refractivity contribution is 0.204. The van der Waals surface area contributed by atoms with Gasteiger partial charge in [-0.25, -0.2) is 9.37 Å². The van der Waals surface area contributed by atoms with Gasteiger partial charge in [-0.3, -0.25) is 4.79 Å². The Labute approximate surface area is 196 Å². The molecule has 5 nitrogen and oxygen atoms in total. The van der Waals surface area contributed by atoms with E-state index in [1.54, 1.807) is 10.6 Å². The van der Waals surface area contributed by atoms with Crippen LogP contribution in [0, 0.1) is 5.82 Å². The highest BCUT2D eigenvalue weighted by Crippen LogP contribution is 2.34. The first-order chi connectivity index (χ1) is 15.1. The summed E-state index contributed by atoms with van der Waals surface area (Å²) >= 11 is 1.85. The van der Waals surface area contributed by atoms with E-state index in [-0.39, 0.29) is 23.8 Å². The van der Waals surface area contributed by atoms with E-state index in [9.17, 15) is 9.18 Å². The maximum Gasteiger partial charge on any atom is 0.269 e. The van der Waals surface area contributed by atoms with Crippen molar-refractivity contribution in [2.45, 2.75) is 25.4 Å². The average Bonchev–Trinajstić information content (AvgIpc) is 3.23. The van der Waals surface area contributed by atoms with Crippen molar-refractivity contribution >= 4 is 49.9 Å². The number of aromatic nitrogens is 2. The molecule has 0 saturated carbocycles. The number of likely N-dealkylation sites (tertiary alicyclic amines) is 1. The molecule has 0 spiro atoms. The molecule has 0 bridgehead atoms. The highest BCUT2D eigenvalue weighted by Gasteiger charge is 2.23. The number of hydrogen-bond donors (Lipinski definition) is 0. The minimum atomic E-state index is -0.348. The SMILES string of the molecule is CN(c1cc2ccccc2s1)C1CCN(CCn2c(=O)cnc3ccc(F)cc32)CC1.Cl. The van der Waals surface area contributed by atoms with Crippen molar-refractivity contribution in [1.82, 2.24) is 14.5 Å². The number of rotatable bonds is 5. The third-order valence-electron chi connectivity index (χ3n) is 6.31. The van der Waals surface area contributed by atoms with E-state index in [2.05, 4.69) is 52.2 Å². The zero-order valence-electron chi connectivity index (χ0n) is 17.9. The normalized spacial score (nSPS) is 15.2. The van der Waals surface area contributed by atoms with Crippen LogP contribution in [0.1, 0.15) is 12.8 Å². The van der Waals surface area contributed by atoms with Crippen LogP contribution >= 0.6 is 23.7 Å². The van der Waals surface area contributed by atoms with Crippen molar-refractivity contribution in [3.63, 3.8) is 0 Å². The summed E-state index contributed by atoms with van der Waals surface area (Å²) in [6, 6.07) is 15.7. The second-order valence-electron chi connectivity index (χ2n) is 8.19. The van der Waals surface area contributed by atoms with Gasteiger partial charge < -0.3 is 14.4 Å². The maximum atomic E-state index is 13.7. The van der Waals surface area contributed by atoms with Gasteiger partial charge in [-0.2, -0.15) is 0 Å². The van der Waals surface area contributed by atoms with Crippen LogP contribution in [0.25, 0.3) is 21.1 Å². The van der Waals surface area contributed by atoms with Gasteiger partial charge in [0.05, 0.1) is 22.2 Å². The van der Waals surface area contributed by atoms with E-state index >= 15 is 0 Å². The molecule has 8 heteroatoms. The molecule has 0 amide bonds. The first kappa shape index (κ1) is 22.7. The number of benzene rings is 2. The summed E-state index contributed by atoms with van der Waals surface area (Å²) in [4.78, 5) is 21.3. The Morgan fingerprint density at radius 2 is 1.91 bits per heavy atom. The summed E-state index contributed by atoms with van der Waals surface area (Å²) < 4.78 is 16.7. The quantitative estimate of drug-likeness (QED) is 0.419. The molecule has 5 rings (SSSR count). The van der Waals surface area contributed by atoms with Gasteiger partial charge in [0.2, 0.25) is 0 Å². The number of fused-ring (bicyclic) bond motifs is 2. The van der Waals surface area contributed by atoms with E-state index < -0.39 is 0 Å². The van der Waals surface area contributed by atoms with Crippen LogP contribution in [0.5, 0.6) is 0 Å². The van der Waals surface area contributed by atoms with Gasteiger partial charge in [0, 0.05) is 44.0 Å². The molecular formula is C24H26ClFN4OS. The van der Waals surface area contributed by atoms with Gasteiger partial charge in [0.1, 0.15) is 5.82 Å². The molecule has 0 N–H and O–H groups in total. The molecule has 0 radical (unpaired) electrons. The second kappa shape index (κ2) is 9.57. The number of halogens is 2. The standard InChI is InChI=1S/C24H25FN4OS.ClH/c1-27(24-14-17-4-2-3-5-22(17)31-24)19-8-10-28(11-9-19)12-13-29-21-15-18(25)6-7-20(21)26-16-23(29)30;/h2-7,14-16,19H,8-13H2,1H3;1H. The molecule has 1 saturated heterocycles. The molecule has 32 heavy (non-hydrogen) atoms. The van der Waals surface area contributed by atoms with Crippen LogP contribution < -0.4 is 10.5 Å². The van der Waals surface area contributed by atoms with Crippen LogP contribution in [0.3, 0.4) is 0 Å². The molecule has 4 aromatic rings. The molecule has 168 valence electrons. The van der Waals surface area contributed by atoms with Gasteiger partial charge >= 0.3 is 0 Å². The van der Waals surface area contributed by atoms with Crippen molar-refractivity contribution in [2.24, 2.45) is 0 Å². The minimum absolute atomic E-state index is 0. The first-order valence-electron chi connectivity index (χ1n) is 10.7. The van der Waals surface area contributed by atoms with Crippen LogP contribution in [0.15, 0.2) is 59.5 Å². The molecule has 1 aliphatic rings. The number of anilines is 1. The van der Waals surface area contributed by atoms with E-state index in [1.807, 2.05) is 11.3 Å². The summed E-state index contributed by atoms with van der Waals surface area (Å²) in [6.45, 7) is 3.30. The van der Waals surface area contributed by atoms with Crippen molar-refractivity contribution in [3.05, 3.63) is 70.9 Å². The zero-order chi connectivity index (χ0) is 21.4. The van der Waals surface area contributed by atoms with E-state index in [0.29, 0.717) is 23.6 Å². The number of piperidine rings is 1. The summed E-state index contributed by atoms with van der Waals surface area (Å²) in [5.74, 6) is -0.348. The summed E-state index contributed by atoms with van der Waals surface area (Å²) in [7, 11) is 2.20. The molecule has 2 aromatic carbocycles. The average molecular weight is 473 g/mol. The Balaban J connectivity index is 0.00000245.